The molecule has 6 rings (SSSR count). The van der Waals surface area contributed by atoms with Gasteiger partial charge in [-0.15, -0.1) is 0 Å². The largest absolute Gasteiger partial charge is 0.455 e. The van der Waals surface area contributed by atoms with E-state index in [9.17, 15) is 0 Å². The predicted molar refractivity (Wildman–Crippen MR) is 140 cm³/mol. The number of rotatable bonds is 1. The lowest BCUT2D eigenvalue weighted by Crippen LogP contribution is -2.34. The van der Waals surface area contributed by atoms with Gasteiger partial charge in [0.2, 0.25) is 0 Å². The van der Waals surface area contributed by atoms with Gasteiger partial charge in [-0.05, 0) is 70.2 Å². The van der Waals surface area contributed by atoms with Crippen LogP contribution < -0.4 is 4.57 Å². The third-order valence-corrected chi connectivity index (χ3v) is 8.19. The first kappa shape index (κ1) is 21.3. The molecule has 0 radical (unpaired) electrons. The lowest BCUT2D eigenvalue weighted by Gasteiger charge is -2.42. The van der Waals surface area contributed by atoms with Crippen LogP contribution in [0.3, 0.4) is 0 Å². The van der Waals surface area contributed by atoms with Crippen molar-refractivity contribution in [3.63, 3.8) is 0 Å². The van der Waals surface area contributed by atoms with E-state index in [4.69, 9.17) is 4.42 Å². The smallest absolute Gasteiger partial charge is 0.286 e. The zero-order valence-corrected chi connectivity index (χ0v) is 21.3. The Morgan fingerprint density at radius 3 is 2.41 bits per heavy atom. The molecule has 0 amide bonds. The molecule has 1 aliphatic carbocycles. The van der Waals surface area contributed by atoms with Gasteiger partial charge in [0.25, 0.3) is 6.33 Å². The van der Waals surface area contributed by atoms with E-state index in [1.165, 1.54) is 51.1 Å². The van der Waals surface area contributed by atoms with E-state index >= 15 is 0 Å². The summed E-state index contributed by atoms with van der Waals surface area (Å²) >= 11 is 0. The zero-order valence-electron chi connectivity index (χ0n) is 21.3. The van der Waals surface area contributed by atoms with Crippen LogP contribution in [0.1, 0.15) is 62.9 Å². The predicted octanol–water partition coefficient (Wildman–Crippen LogP) is 7.59. The quantitative estimate of drug-likeness (QED) is 0.247. The second-order valence-corrected chi connectivity index (χ2v) is 11.6. The molecule has 0 bridgehead atoms. The highest BCUT2D eigenvalue weighted by Crippen LogP contribution is 2.49. The maximum absolute atomic E-state index is 6.70. The van der Waals surface area contributed by atoms with E-state index < -0.39 is 0 Å². The van der Waals surface area contributed by atoms with Crippen LogP contribution in [0.25, 0.3) is 44.0 Å². The lowest BCUT2D eigenvalue weighted by molar-refractivity contribution is -0.663. The topological polar surface area (TPSA) is 29.9 Å². The summed E-state index contributed by atoms with van der Waals surface area (Å²) in [5.41, 5.74) is 9.73. The number of fused-ring (bicyclic) bond motifs is 6. The Labute approximate surface area is 201 Å². The summed E-state index contributed by atoms with van der Waals surface area (Å²) in [4.78, 5) is 4.45. The fraction of sp³-hybridized carbons (Fsp3) is 0.355. The van der Waals surface area contributed by atoms with Crippen molar-refractivity contribution in [2.45, 2.75) is 65.2 Å². The highest BCUT2D eigenvalue weighted by molar-refractivity contribution is 6.13. The van der Waals surface area contributed by atoms with Crippen LogP contribution in [0.2, 0.25) is 0 Å². The number of benzene rings is 3. The number of aryl methyl sites for hydroxylation is 3. The fourth-order valence-corrected chi connectivity index (χ4v) is 6.08. The summed E-state index contributed by atoms with van der Waals surface area (Å²) in [5.74, 6) is 0. The molecule has 3 heteroatoms. The fourth-order valence-electron chi connectivity index (χ4n) is 6.08. The molecule has 3 aromatic carbocycles. The molecule has 0 atom stereocenters. The van der Waals surface area contributed by atoms with Gasteiger partial charge in [-0.2, -0.15) is 0 Å². The average molecular weight is 450 g/mol. The highest BCUT2D eigenvalue weighted by atomic mass is 16.3. The first-order chi connectivity index (χ1) is 16.1. The molecule has 0 aliphatic heterocycles. The van der Waals surface area contributed by atoms with Gasteiger partial charge in [-0.3, -0.25) is 0 Å². The molecule has 5 aromatic rings. The van der Waals surface area contributed by atoms with Crippen LogP contribution in [0, 0.1) is 13.8 Å². The molecule has 0 saturated heterocycles. The van der Waals surface area contributed by atoms with Crippen molar-refractivity contribution in [1.82, 2.24) is 4.98 Å². The molecule has 172 valence electrons. The van der Waals surface area contributed by atoms with E-state index in [-0.39, 0.29) is 10.8 Å². The maximum Gasteiger partial charge on any atom is 0.286 e. The minimum Gasteiger partial charge on any atom is -0.455 e. The van der Waals surface area contributed by atoms with Crippen LogP contribution in [0.5, 0.6) is 0 Å². The number of aromatic nitrogens is 2. The van der Waals surface area contributed by atoms with Crippen molar-refractivity contribution in [3.8, 4) is 11.3 Å². The summed E-state index contributed by atoms with van der Waals surface area (Å²) in [6.07, 6.45) is 4.30. The molecule has 2 aromatic heterocycles. The van der Waals surface area contributed by atoms with Crippen molar-refractivity contribution in [3.05, 3.63) is 71.2 Å². The van der Waals surface area contributed by atoms with E-state index in [0.29, 0.717) is 0 Å². The highest BCUT2D eigenvalue weighted by Gasteiger charge is 2.38. The van der Waals surface area contributed by atoms with Gasteiger partial charge in [-0.1, -0.05) is 56.9 Å². The van der Waals surface area contributed by atoms with E-state index in [1.54, 1.807) is 0 Å². The first-order valence-electron chi connectivity index (χ1n) is 12.3. The third-order valence-electron chi connectivity index (χ3n) is 8.19. The van der Waals surface area contributed by atoms with Gasteiger partial charge in [0.1, 0.15) is 16.9 Å². The molecular formula is C31H33N2O+. The Bertz CT molecular complexity index is 1640. The summed E-state index contributed by atoms with van der Waals surface area (Å²) in [7, 11) is 2.05. The molecule has 0 spiro atoms. The van der Waals surface area contributed by atoms with Gasteiger partial charge in [0.15, 0.2) is 5.69 Å². The Kier molecular flexibility index (Phi) is 4.34. The molecule has 0 N–H and O–H groups in total. The molecule has 1 aliphatic rings. The molecule has 34 heavy (non-hydrogen) atoms. The number of furan rings is 1. The minimum absolute atomic E-state index is 0.147. The molecule has 2 heterocycles. The van der Waals surface area contributed by atoms with Crippen molar-refractivity contribution in [2.24, 2.45) is 7.05 Å². The SMILES string of the molecule is Cc1cc(-c2c(C)ccc3c2oc2cc4c5c(ccc4cc23)C(C)(C)CCC5(C)C)[n+](C)cn1. The summed E-state index contributed by atoms with van der Waals surface area (Å²) in [6.45, 7) is 13.8. The summed E-state index contributed by atoms with van der Waals surface area (Å²) in [5, 5.41) is 4.99. The Morgan fingerprint density at radius 2 is 1.62 bits per heavy atom. The monoisotopic (exact) mass is 449 g/mol. The Morgan fingerprint density at radius 1 is 0.853 bits per heavy atom. The molecular weight excluding hydrogens is 416 g/mol. The van der Waals surface area contributed by atoms with Crippen LogP contribution in [0.15, 0.2) is 53.2 Å². The van der Waals surface area contributed by atoms with Crippen LogP contribution in [-0.2, 0) is 17.9 Å². The average Bonchev–Trinajstić information content (AvgIpc) is 3.14. The molecule has 0 fully saturated rings. The van der Waals surface area contributed by atoms with Crippen LogP contribution in [0.4, 0.5) is 0 Å². The third kappa shape index (κ3) is 2.95. The van der Waals surface area contributed by atoms with E-state index in [1.807, 2.05) is 20.3 Å². The normalized spacial score (nSPS) is 16.9. The molecule has 3 nitrogen and oxygen atoms in total. The first-order valence-corrected chi connectivity index (χ1v) is 12.3. The van der Waals surface area contributed by atoms with Gasteiger partial charge < -0.3 is 4.42 Å². The number of hydrogen-bond acceptors (Lipinski definition) is 2. The number of hydrogen-bond donors (Lipinski definition) is 0. The summed E-state index contributed by atoms with van der Waals surface area (Å²) in [6, 6.07) is 15.9. The summed E-state index contributed by atoms with van der Waals surface area (Å²) < 4.78 is 8.78. The zero-order chi connectivity index (χ0) is 24.0. The second kappa shape index (κ2) is 6.91. The molecule has 0 saturated carbocycles. The van der Waals surface area contributed by atoms with Crippen molar-refractivity contribution >= 4 is 32.7 Å². The van der Waals surface area contributed by atoms with Gasteiger partial charge in [-0.25, -0.2) is 4.57 Å². The van der Waals surface area contributed by atoms with Crippen LogP contribution in [-0.4, -0.2) is 4.98 Å². The van der Waals surface area contributed by atoms with Crippen molar-refractivity contribution in [2.75, 3.05) is 0 Å². The van der Waals surface area contributed by atoms with E-state index in [0.717, 1.165) is 28.1 Å². The van der Waals surface area contributed by atoms with Crippen molar-refractivity contribution < 1.29 is 8.98 Å². The van der Waals surface area contributed by atoms with Gasteiger partial charge in [0.05, 0.1) is 12.6 Å². The molecule has 0 unspecified atom stereocenters. The lowest BCUT2D eigenvalue weighted by atomic mass is 9.62. The second-order valence-electron chi connectivity index (χ2n) is 11.6. The maximum atomic E-state index is 6.70. The Balaban J connectivity index is 1.71. The minimum atomic E-state index is 0.147. The Hall–Kier alpha value is -3.20. The number of nitrogens with zero attached hydrogens (tertiary/aromatic N) is 2. The van der Waals surface area contributed by atoms with Gasteiger partial charge in [0, 0.05) is 23.8 Å². The van der Waals surface area contributed by atoms with Gasteiger partial charge >= 0.3 is 0 Å². The van der Waals surface area contributed by atoms with Crippen molar-refractivity contribution in [1.29, 1.82) is 0 Å². The van der Waals surface area contributed by atoms with Crippen LogP contribution >= 0.6 is 0 Å². The standard InChI is InChI=1S/C31H33N2O/c1-18-8-10-21-23-15-20-9-11-24-28(31(5,6)13-12-30(24,3)4)22(20)16-26(23)34-29(21)27(18)25-14-19(2)32-17-33(25)7/h8-11,14-17H,12-13H2,1-7H3/q+1. The van der Waals surface area contributed by atoms with E-state index in [2.05, 4.69) is 86.6 Å².